The van der Waals surface area contributed by atoms with Crippen molar-refractivity contribution in [1.29, 1.82) is 0 Å². The number of hydrogen-bond donors (Lipinski definition) is 1. The average Bonchev–Trinajstić information content (AvgIpc) is 3.08. The number of nitrogens with two attached hydrogens (primary N) is 1. The van der Waals surface area contributed by atoms with Crippen molar-refractivity contribution in [2.75, 3.05) is 19.6 Å². The maximum atomic E-state index is 5.82. The highest BCUT2D eigenvalue weighted by molar-refractivity contribution is 7.13. The lowest BCUT2D eigenvalue weighted by Crippen LogP contribution is -2.38. The van der Waals surface area contributed by atoms with Crippen LogP contribution in [0.2, 0.25) is 0 Å². The summed E-state index contributed by atoms with van der Waals surface area (Å²) in [7, 11) is 0. The van der Waals surface area contributed by atoms with Gasteiger partial charge in [0, 0.05) is 18.5 Å². The predicted octanol–water partition coefficient (Wildman–Crippen LogP) is 3.21. The van der Waals surface area contributed by atoms with Gasteiger partial charge in [0.15, 0.2) is 10.8 Å². The van der Waals surface area contributed by atoms with Crippen molar-refractivity contribution < 1.29 is 4.42 Å². The monoisotopic (exact) mass is 293 g/mol. The molecule has 0 unspecified atom stereocenters. The van der Waals surface area contributed by atoms with Gasteiger partial charge in [-0.15, -0.1) is 11.3 Å². The molecule has 0 saturated carbocycles. The smallest absolute Gasteiger partial charge is 0.162 e. The number of aromatic nitrogens is 1. The first-order chi connectivity index (χ1) is 9.54. The largest absolute Gasteiger partial charge is 0.462 e. The zero-order valence-corrected chi connectivity index (χ0v) is 13.2. The molecule has 0 atom stereocenters. The molecule has 0 aliphatic carbocycles. The second-order valence-corrected chi connectivity index (χ2v) is 6.65. The first kappa shape index (κ1) is 15.2. The van der Waals surface area contributed by atoms with Crippen LogP contribution in [0, 0.1) is 5.41 Å². The Morgan fingerprint density at radius 3 is 2.85 bits per heavy atom. The van der Waals surface area contributed by atoms with Crippen LogP contribution in [-0.2, 0) is 6.54 Å². The Labute approximate surface area is 124 Å². The third kappa shape index (κ3) is 3.91. The summed E-state index contributed by atoms with van der Waals surface area (Å²) in [6, 6.07) is 3.83. The summed E-state index contributed by atoms with van der Waals surface area (Å²) in [5, 5.41) is 3.05. The van der Waals surface area contributed by atoms with Gasteiger partial charge in [-0.1, -0.05) is 20.8 Å². The average molecular weight is 293 g/mol. The van der Waals surface area contributed by atoms with Crippen LogP contribution in [0.25, 0.3) is 10.8 Å². The molecule has 0 spiro atoms. The molecular weight excluding hydrogens is 270 g/mol. The van der Waals surface area contributed by atoms with Crippen LogP contribution < -0.4 is 5.73 Å². The van der Waals surface area contributed by atoms with Crippen molar-refractivity contribution in [1.82, 2.24) is 9.88 Å². The minimum absolute atomic E-state index is 0.135. The molecule has 0 aliphatic heterocycles. The highest BCUT2D eigenvalue weighted by atomic mass is 32.1. The summed E-state index contributed by atoms with van der Waals surface area (Å²) in [4.78, 5) is 7.03. The molecule has 5 heteroatoms. The van der Waals surface area contributed by atoms with Crippen molar-refractivity contribution >= 4 is 11.3 Å². The van der Waals surface area contributed by atoms with E-state index >= 15 is 0 Å². The zero-order chi connectivity index (χ0) is 14.6. The number of furan rings is 1. The van der Waals surface area contributed by atoms with E-state index in [0.717, 1.165) is 36.1 Å². The lowest BCUT2D eigenvalue weighted by molar-refractivity contribution is 0.182. The summed E-state index contributed by atoms with van der Waals surface area (Å²) < 4.78 is 5.38. The van der Waals surface area contributed by atoms with Crippen LogP contribution in [0.5, 0.6) is 0 Å². The maximum Gasteiger partial charge on any atom is 0.162 e. The Morgan fingerprint density at radius 2 is 2.25 bits per heavy atom. The quantitative estimate of drug-likeness (QED) is 0.851. The molecule has 20 heavy (non-hydrogen) atoms. The van der Waals surface area contributed by atoms with Gasteiger partial charge in [0.2, 0.25) is 0 Å². The fourth-order valence-corrected chi connectivity index (χ4v) is 2.85. The van der Waals surface area contributed by atoms with Crippen LogP contribution in [0.15, 0.2) is 28.2 Å². The topological polar surface area (TPSA) is 55.3 Å². The van der Waals surface area contributed by atoms with Gasteiger partial charge in [-0.25, -0.2) is 4.98 Å². The Morgan fingerprint density at radius 1 is 1.45 bits per heavy atom. The molecule has 4 nitrogen and oxygen atoms in total. The van der Waals surface area contributed by atoms with E-state index < -0.39 is 0 Å². The molecule has 0 aromatic carbocycles. The van der Waals surface area contributed by atoms with E-state index in [0.29, 0.717) is 6.54 Å². The molecule has 0 saturated heterocycles. The fraction of sp³-hybridized carbons (Fsp3) is 0.533. The van der Waals surface area contributed by atoms with Crippen molar-refractivity contribution in [3.63, 3.8) is 0 Å². The van der Waals surface area contributed by atoms with E-state index in [1.165, 1.54) is 0 Å². The minimum atomic E-state index is 0.135. The molecule has 2 heterocycles. The van der Waals surface area contributed by atoms with E-state index in [2.05, 4.69) is 36.0 Å². The van der Waals surface area contributed by atoms with Crippen molar-refractivity contribution in [2.45, 2.75) is 27.3 Å². The molecule has 2 rings (SSSR count). The van der Waals surface area contributed by atoms with E-state index in [1.807, 2.05) is 12.1 Å². The highest BCUT2D eigenvalue weighted by Crippen LogP contribution is 2.25. The molecule has 0 bridgehead atoms. The zero-order valence-electron chi connectivity index (χ0n) is 12.4. The van der Waals surface area contributed by atoms with E-state index in [4.69, 9.17) is 10.2 Å². The maximum absolute atomic E-state index is 5.82. The van der Waals surface area contributed by atoms with Gasteiger partial charge in [0.05, 0.1) is 12.0 Å². The van der Waals surface area contributed by atoms with Crippen molar-refractivity contribution in [2.24, 2.45) is 11.1 Å². The van der Waals surface area contributed by atoms with Gasteiger partial charge in [-0.05, 0) is 30.6 Å². The molecule has 0 aliphatic rings. The molecule has 110 valence electrons. The second kappa shape index (κ2) is 6.52. The minimum Gasteiger partial charge on any atom is -0.462 e. The number of hydrogen-bond acceptors (Lipinski definition) is 5. The van der Waals surface area contributed by atoms with Crippen LogP contribution in [0.4, 0.5) is 0 Å². The lowest BCUT2D eigenvalue weighted by atomic mass is 9.93. The van der Waals surface area contributed by atoms with Crippen molar-refractivity contribution in [3.8, 4) is 10.8 Å². The third-order valence-electron chi connectivity index (χ3n) is 3.32. The summed E-state index contributed by atoms with van der Waals surface area (Å²) >= 11 is 1.63. The van der Waals surface area contributed by atoms with Gasteiger partial charge >= 0.3 is 0 Å². The first-order valence-corrected chi connectivity index (χ1v) is 7.83. The fourth-order valence-electron chi connectivity index (χ4n) is 2.07. The molecule has 2 aromatic heterocycles. The third-order valence-corrected chi connectivity index (χ3v) is 4.23. The lowest BCUT2D eigenvalue weighted by Gasteiger charge is -2.30. The Kier molecular flexibility index (Phi) is 4.96. The summed E-state index contributed by atoms with van der Waals surface area (Å²) in [6.45, 7) is 10.1. The highest BCUT2D eigenvalue weighted by Gasteiger charge is 2.20. The van der Waals surface area contributed by atoms with E-state index in [9.17, 15) is 0 Å². The van der Waals surface area contributed by atoms with Gasteiger partial charge in [-0.2, -0.15) is 0 Å². The van der Waals surface area contributed by atoms with Gasteiger partial charge in [0.25, 0.3) is 0 Å². The summed E-state index contributed by atoms with van der Waals surface area (Å²) in [5.41, 5.74) is 7.05. The van der Waals surface area contributed by atoms with Gasteiger partial charge < -0.3 is 10.2 Å². The van der Waals surface area contributed by atoms with Gasteiger partial charge in [-0.3, -0.25) is 4.90 Å². The number of thiazole rings is 1. The Balaban J connectivity index is 2.01. The number of nitrogens with zero attached hydrogens (tertiary/aromatic N) is 2. The SMILES string of the molecule is CCN(Cc1csc(-c2ccco2)n1)CC(C)(C)CN. The summed E-state index contributed by atoms with van der Waals surface area (Å²) in [5.74, 6) is 0.839. The molecule has 0 fully saturated rings. The predicted molar refractivity (Wildman–Crippen MR) is 83.6 cm³/mol. The second-order valence-electron chi connectivity index (χ2n) is 5.79. The molecule has 2 aromatic rings. The molecular formula is C15H23N3OS. The summed E-state index contributed by atoms with van der Waals surface area (Å²) in [6.07, 6.45) is 1.68. The standard InChI is InChI=1S/C15H23N3OS/c1-4-18(11-15(2,3)10-16)8-12-9-20-14(17-12)13-6-5-7-19-13/h5-7,9H,4,8,10-11,16H2,1-3H3. The molecule has 2 N–H and O–H groups in total. The van der Waals surface area contributed by atoms with Crippen LogP contribution in [0.1, 0.15) is 26.5 Å². The molecule has 0 amide bonds. The van der Waals surface area contributed by atoms with E-state index in [1.54, 1.807) is 17.6 Å². The first-order valence-electron chi connectivity index (χ1n) is 6.95. The van der Waals surface area contributed by atoms with Crippen molar-refractivity contribution in [3.05, 3.63) is 29.5 Å². The van der Waals surface area contributed by atoms with Gasteiger partial charge in [0.1, 0.15) is 0 Å². The van der Waals surface area contributed by atoms with Crippen LogP contribution in [0.3, 0.4) is 0 Å². The molecule has 0 radical (unpaired) electrons. The Bertz CT molecular complexity index is 519. The Hall–Kier alpha value is -1.17. The normalized spacial score (nSPS) is 12.2. The van der Waals surface area contributed by atoms with Crippen LogP contribution in [-0.4, -0.2) is 29.5 Å². The number of rotatable bonds is 7. The van der Waals surface area contributed by atoms with E-state index in [-0.39, 0.29) is 5.41 Å². The van der Waals surface area contributed by atoms with Crippen LogP contribution >= 0.6 is 11.3 Å².